The molecule has 0 N–H and O–H groups in total. The second-order valence-corrected chi connectivity index (χ2v) is 11.3. The molecule has 5 rings (SSSR count). The first-order chi connectivity index (χ1) is 17.0. The lowest BCUT2D eigenvalue weighted by Crippen LogP contribution is -2.56. The molecule has 192 valence electrons. The Balaban J connectivity index is 1.50. The molecule has 1 aromatic rings. The predicted molar refractivity (Wildman–Crippen MR) is 128 cm³/mol. The number of ketones is 2. The van der Waals surface area contributed by atoms with Crippen LogP contribution in [0.15, 0.2) is 48.1 Å². The third-order valence-electron chi connectivity index (χ3n) is 9.50. The van der Waals surface area contributed by atoms with Crippen LogP contribution in [0.2, 0.25) is 0 Å². The first-order valence-electron chi connectivity index (χ1n) is 12.7. The van der Waals surface area contributed by atoms with E-state index in [1.807, 2.05) is 0 Å². The van der Waals surface area contributed by atoms with Crippen molar-refractivity contribution in [3.05, 3.63) is 53.6 Å². The van der Waals surface area contributed by atoms with Crippen LogP contribution in [0.25, 0.3) is 0 Å². The van der Waals surface area contributed by atoms with Crippen molar-refractivity contribution in [1.82, 2.24) is 0 Å². The Morgan fingerprint density at radius 3 is 2.50 bits per heavy atom. The van der Waals surface area contributed by atoms with Crippen LogP contribution < -0.4 is 4.74 Å². The molecular formula is C29H32F2O5. The van der Waals surface area contributed by atoms with Gasteiger partial charge in [0.1, 0.15) is 17.6 Å². The van der Waals surface area contributed by atoms with Gasteiger partial charge in [-0.3, -0.25) is 9.59 Å². The first-order valence-corrected chi connectivity index (χ1v) is 12.7. The summed E-state index contributed by atoms with van der Waals surface area (Å²) in [5.41, 5.74) is 0.627. The average molecular weight is 499 g/mol. The highest BCUT2D eigenvalue weighted by Gasteiger charge is 2.63. The lowest BCUT2D eigenvalue weighted by molar-refractivity contribution is -0.135. The fraction of sp³-hybridized carbons (Fsp3) is 0.552. The molecule has 4 aliphatic carbocycles. The lowest BCUT2D eigenvalue weighted by atomic mass is 9.47. The van der Waals surface area contributed by atoms with Gasteiger partial charge in [0.25, 0.3) is 0 Å². The van der Waals surface area contributed by atoms with E-state index in [0.29, 0.717) is 25.2 Å². The smallest absolute Gasteiger partial charge is 0.387 e. The Bertz CT molecular complexity index is 1140. The number of esters is 1. The standard InChI is InChI=1S/C29H32F2O5/c1-16(32)22-10-11-23-21-9-6-18-14-19(33)12-13-28(18,2)25(21)24(15-29(22,23)3)36-26(34)17-4-7-20(8-5-17)35-27(30)31/h4-9,14,21-25,27H,10-13,15H2,1-3H3/t21-,22+,23-,24-,25-,28+,29+/m0/s1. The molecule has 0 saturated heterocycles. The van der Waals surface area contributed by atoms with E-state index >= 15 is 0 Å². The van der Waals surface area contributed by atoms with Crippen LogP contribution in [0.3, 0.4) is 0 Å². The van der Waals surface area contributed by atoms with Crippen LogP contribution in [0.4, 0.5) is 8.78 Å². The second kappa shape index (κ2) is 8.93. The van der Waals surface area contributed by atoms with Crippen molar-refractivity contribution in [3.63, 3.8) is 0 Å². The topological polar surface area (TPSA) is 69.7 Å². The van der Waals surface area contributed by atoms with Gasteiger partial charge in [-0.1, -0.05) is 26.0 Å². The minimum Gasteiger partial charge on any atom is -0.458 e. The zero-order chi connectivity index (χ0) is 25.8. The largest absolute Gasteiger partial charge is 0.458 e. The maximum atomic E-state index is 13.3. The maximum Gasteiger partial charge on any atom is 0.387 e. The van der Waals surface area contributed by atoms with Crippen molar-refractivity contribution in [3.8, 4) is 5.75 Å². The molecular weight excluding hydrogens is 466 g/mol. The molecule has 0 bridgehead atoms. The second-order valence-electron chi connectivity index (χ2n) is 11.3. The summed E-state index contributed by atoms with van der Waals surface area (Å²) in [6.45, 7) is 3.04. The average Bonchev–Trinajstić information content (AvgIpc) is 3.16. The highest BCUT2D eigenvalue weighted by molar-refractivity contribution is 5.92. The van der Waals surface area contributed by atoms with Gasteiger partial charge in [-0.2, -0.15) is 8.78 Å². The number of hydrogen-bond acceptors (Lipinski definition) is 5. The zero-order valence-electron chi connectivity index (χ0n) is 20.8. The molecule has 5 nitrogen and oxygen atoms in total. The number of halogens is 2. The van der Waals surface area contributed by atoms with Gasteiger partial charge < -0.3 is 9.47 Å². The first kappa shape index (κ1) is 24.8. The monoisotopic (exact) mass is 498 g/mol. The van der Waals surface area contributed by atoms with Crippen LogP contribution in [0.5, 0.6) is 5.75 Å². The summed E-state index contributed by atoms with van der Waals surface area (Å²) in [5.74, 6) is 0.0511. The Labute approximate surface area is 209 Å². The van der Waals surface area contributed by atoms with Gasteiger partial charge in [-0.05, 0) is 91.2 Å². The van der Waals surface area contributed by atoms with E-state index in [9.17, 15) is 23.2 Å². The van der Waals surface area contributed by atoms with Crippen LogP contribution in [-0.2, 0) is 14.3 Å². The number of alkyl halides is 2. The normalized spacial score (nSPS) is 37.0. The van der Waals surface area contributed by atoms with Gasteiger partial charge in [0, 0.05) is 18.3 Å². The Kier molecular flexibility index (Phi) is 6.16. The molecule has 0 radical (unpaired) electrons. The fourth-order valence-electron chi connectivity index (χ4n) is 7.85. The summed E-state index contributed by atoms with van der Waals surface area (Å²) in [4.78, 5) is 38.1. The molecule has 7 heteroatoms. The molecule has 0 aliphatic heterocycles. The van der Waals surface area contributed by atoms with E-state index in [-0.39, 0.29) is 51.5 Å². The van der Waals surface area contributed by atoms with Crippen molar-refractivity contribution >= 4 is 17.5 Å². The Hall–Kier alpha value is -2.83. The molecule has 2 fully saturated rings. The SMILES string of the molecule is CC(=O)[C@H]1CC[C@H]2[C@@H]3C=CC4=CC(=O)CC[C@@]4(C)[C@@H]3[C@@H](OC(=O)c3ccc(OC(F)F)cc3)C[C@]12C. The summed E-state index contributed by atoms with van der Waals surface area (Å²) in [6.07, 6.45) is 9.04. The number of allylic oxidation sites excluding steroid dienone is 4. The minimum absolute atomic E-state index is 0.0176. The Morgan fingerprint density at radius 2 is 1.83 bits per heavy atom. The van der Waals surface area contributed by atoms with E-state index in [4.69, 9.17) is 4.74 Å². The van der Waals surface area contributed by atoms with Gasteiger partial charge >= 0.3 is 12.6 Å². The van der Waals surface area contributed by atoms with Gasteiger partial charge in [0.2, 0.25) is 0 Å². The third kappa shape index (κ3) is 4.00. The predicted octanol–water partition coefficient (Wildman–Crippen LogP) is 5.94. The number of rotatable bonds is 5. The lowest BCUT2D eigenvalue weighted by Gasteiger charge is -2.58. The summed E-state index contributed by atoms with van der Waals surface area (Å²) < 4.78 is 35.6. The van der Waals surface area contributed by atoms with E-state index in [1.54, 1.807) is 13.0 Å². The van der Waals surface area contributed by atoms with Crippen LogP contribution >= 0.6 is 0 Å². The molecule has 0 spiro atoms. The van der Waals surface area contributed by atoms with Crippen molar-refractivity contribution < 1.29 is 32.6 Å². The van der Waals surface area contributed by atoms with Crippen LogP contribution in [0, 0.1) is 34.5 Å². The number of ether oxygens (including phenoxy) is 2. The van der Waals surface area contributed by atoms with Crippen LogP contribution in [-0.4, -0.2) is 30.3 Å². The molecule has 2 saturated carbocycles. The number of benzene rings is 1. The summed E-state index contributed by atoms with van der Waals surface area (Å²) >= 11 is 0. The summed E-state index contributed by atoms with van der Waals surface area (Å²) in [7, 11) is 0. The van der Waals surface area contributed by atoms with E-state index in [1.165, 1.54) is 24.3 Å². The highest BCUT2D eigenvalue weighted by atomic mass is 19.3. The van der Waals surface area contributed by atoms with Crippen molar-refractivity contribution in [2.75, 3.05) is 0 Å². The molecule has 0 aromatic heterocycles. The van der Waals surface area contributed by atoms with Crippen molar-refractivity contribution in [2.45, 2.75) is 65.6 Å². The van der Waals surface area contributed by atoms with Crippen molar-refractivity contribution in [1.29, 1.82) is 0 Å². The molecule has 0 amide bonds. The zero-order valence-corrected chi connectivity index (χ0v) is 20.8. The molecule has 0 heterocycles. The molecule has 7 atom stereocenters. The number of carbonyl (C=O) groups is 3. The molecule has 36 heavy (non-hydrogen) atoms. The quantitative estimate of drug-likeness (QED) is 0.470. The van der Waals surface area contributed by atoms with Gasteiger partial charge in [-0.25, -0.2) is 4.79 Å². The van der Waals surface area contributed by atoms with Gasteiger partial charge in [0.15, 0.2) is 5.78 Å². The summed E-state index contributed by atoms with van der Waals surface area (Å²) in [5, 5.41) is 0. The van der Waals surface area contributed by atoms with E-state index < -0.39 is 18.7 Å². The maximum absolute atomic E-state index is 13.3. The highest BCUT2D eigenvalue weighted by Crippen LogP contribution is 2.65. The molecule has 0 unspecified atom stereocenters. The number of carbonyl (C=O) groups excluding carboxylic acids is 3. The van der Waals surface area contributed by atoms with Gasteiger partial charge in [-0.15, -0.1) is 0 Å². The van der Waals surface area contributed by atoms with E-state index in [2.05, 4.69) is 30.7 Å². The third-order valence-corrected chi connectivity index (χ3v) is 9.50. The number of Topliss-reactive ketones (excluding diaryl/α,β-unsaturated/α-hetero) is 1. The minimum atomic E-state index is -2.94. The van der Waals surface area contributed by atoms with Crippen LogP contribution in [0.1, 0.15) is 63.2 Å². The van der Waals surface area contributed by atoms with E-state index in [0.717, 1.165) is 18.4 Å². The fourth-order valence-corrected chi connectivity index (χ4v) is 7.85. The van der Waals surface area contributed by atoms with Gasteiger partial charge in [0.05, 0.1) is 5.56 Å². The number of fused-ring (bicyclic) bond motifs is 5. The summed E-state index contributed by atoms with van der Waals surface area (Å²) in [6, 6.07) is 5.49. The molecule has 1 aromatic carbocycles. The van der Waals surface area contributed by atoms with Crippen molar-refractivity contribution in [2.24, 2.45) is 34.5 Å². The Morgan fingerprint density at radius 1 is 1.11 bits per heavy atom. The number of hydrogen-bond donors (Lipinski definition) is 0. The molecule has 4 aliphatic rings.